The molecule has 166 valence electrons. The van der Waals surface area contributed by atoms with Gasteiger partial charge in [0, 0.05) is 37.2 Å². The quantitative estimate of drug-likeness (QED) is 0.575. The predicted octanol–water partition coefficient (Wildman–Crippen LogP) is 4.20. The van der Waals surface area contributed by atoms with E-state index < -0.39 is 0 Å². The number of nitrogens with zero attached hydrogens (tertiary/aromatic N) is 3. The van der Waals surface area contributed by atoms with Crippen molar-refractivity contribution in [2.45, 2.75) is 26.3 Å². The van der Waals surface area contributed by atoms with E-state index in [0.29, 0.717) is 19.0 Å². The summed E-state index contributed by atoms with van der Waals surface area (Å²) in [7, 11) is 0. The smallest absolute Gasteiger partial charge is 0.224 e. The maximum Gasteiger partial charge on any atom is 0.224 e. The first-order chi connectivity index (χ1) is 15.7. The lowest BCUT2D eigenvalue weighted by Gasteiger charge is -2.32. The van der Waals surface area contributed by atoms with Crippen LogP contribution in [0.2, 0.25) is 0 Å². The number of hydrogen-bond donors (Lipinski definition) is 1. The number of anilines is 1. The number of amides is 1. The summed E-state index contributed by atoms with van der Waals surface area (Å²) in [6, 6.07) is 19.2. The summed E-state index contributed by atoms with van der Waals surface area (Å²) in [6.45, 7) is 4.55. The van der Waals surface area contributed by atoms with Crippen LogP contribution in [0.15, 0.2) is 67.0 Å². The van der Waals surface area contributed by atoms with Gasteiger partial charge in [0.2, 0.25) is 11.8 Å². The van der Waals surface area contributed by atoms with Crippen molar-refractivity contribution in [2.24, 2.45) is 5.92 Å². The number of hydrogen-bond acceptors (Lipinski definition) is 6. The van der Waals surface area contributed by atoms with Crippen LogP contribution in [-0.4, -0.2) is 35.6 Å². The van der Waals surface area contributed by atoms with E-state index in [1.165, 1.54) is 6.33 Å². The molecular formula is C25H28N4O3. The number of benzene rings is 2. The Morgan fingerprint density at radius 3 is 2.59 bits per heavy atom. The Morgan fingerprint density at radius 1 is 1.06 bits per heavy atom. The Hall–Kier alpha value is -3.61. The molecule has 0 atom stereocenters. The maximum absolute atomic E-state index is 12.7. The van der Waals surface area contributed by atoms with Crippen molar-refractivity contribution in [2.75, 3.05) is 24.6 Å². The molecule has 0 saturated carbocycles. The standard InChI is InChI=1S/C25H28N4O3/c1-2-31-22-11-7-6-8-20(22)17-26-25(30)19-12-14-29(15-13-19)23-16-24(28-18-27-23)32-21-9-4-3-5-10-21/h3-11,16,18-19H,2,12-15,17H2,1H3,(H,26,30). The molecule has 4 rings (SSSR count). The molecule has 0 bridgehead atoms. The first kappa shape index (κ1) is 21.6. The number of piperidine rings is 1. The van der Waals surface area contributed by atoms with Crippen molar-refractivity contribution in [1.29, 1.82) is 0 Å². The van der Waals surface area contributed by atoms with Crippen molar-refractivity contribution in [1.82, 2.24) is 15.3 Å². The van der Waals surface area contributed by atoms with Crippen molar-refractivity contribution in [3.8, 4) is 17.4 Å². The molecular weight excluding hydrogens is 404 g/mol. The second-order valence-corrected chi connectivity index (χ2v) is 7.65. The Kier molecular flexibility index (Phi) is 7.17. The molecule has 1 saturated heterocycles. The second kappa shape index (κ2) is 10.6. The van der Waals surface area contributed by atoms with Crippen LogP contribution in [-0.2, 0) is 11.3 Å². The summed E-state index contributed by atoms with van der Waals surface area (Å²) in [5.41, 5.74) is 0.993. The first-order valence-electron chi connectivity index (χ1n) is 11.0. The summed E-state index contributed by atoms with van der Waals surface area (Å²) in [5, 5.41) is 3.08. The van der Waals surface area contributed by atoms with Crippen LogP contribution < -0.4 is 19.7 Å². The van der Waals surface area contributed by atoms with Crippen molar-refractivity contribution in [3.05, 3.63) is 72.6 Å². The fourth-order valence-corrected chi connectivity index (χ4v) is 3.81. The maximum atomic E-state index is 12.7. The fraction of sp³-hybridized carbons (Fsp3) is 0.320. The van der Waals surface area contributed by atoms with Crippen molar-refractivity contribution >= 4 is 11.7 Å². The minimum Gasteiger partial charge on any atom is -0.494 e. The minimum absolute atomic E-state index is 0.00705. The molecule has 0 radical (unpaired) electrons. The van der Waals surface area contributed by atoms with Crippen LogP contribution in [0.4, 0.5) is 5.82 Å². The lowest BCUT2D eigenvalue weighted by atomic mass is 9.96. The highest BCUT2D eigenvalue weighted by Gasteiger charge is 2.26. The lowest BCUT2D eigenvalue weighted by Crippen LogP contribution is -2.40. The number of para-hydroxylation sites is 2. The summed E-state index contributed by atoms with van der Waals surface area (Å²) >= 11 is 0. The molecule has 2 aromatic carbocycles. The summed E-state index contributed by atoms with van der Waals surface area (Å²) in [5.74, 6) is 2.96. The zero-order valence-electron chi connectivity index (χ0n) is 18.2. The molecule has 0 aliphatic carbocycles. The minimum atomic E-state index is -0.00705. The van der Waals surface area contributed by atoms with E-state index in [-0.39, 0.29) is 11.8 Å². The Balaban J connectivity index is 1.29. The number of rotatable bonds is 8. The van der Waals surface area contributed by atoms with Crippen LogP contribution >= 0.6 is 0 Å². The number of carbonyl (C=O) groups is 1. The van der Waals surface area contributed by atoms with Gasteiger partial charge in [0.15, 0.2) is 0 Å². The third-order valence-electron chi connectivity index (χ3n) is 5.51. The van der Waals surface area contributed by atoms with Gasteiger partial charge in [-0.05, 0) is 38.0 Å². The zero-order chi connectivity index (χ0) is 22.2. The molecule has 32 heavy (non-hydrogen) atoms. The van der Waals surface area contributed by atoms with E-state index in [4.69, 9.17) is 9.47 Å². The average molecular weight is 433 g/mol. The van der Waals surface area contributed by atoms with Crippen LogP contribution in [0.1, 0.15) is 25.3 Å². The van der Waals surface area contributed by atoms with Gasteiger partial charge in [0.05, 0.1) is 6.61 Å². The highest BCUT2D eigenvalue weighted by Crippen LogP contribution is 2.26. The second-order valence-electron chi connectivity index (χ2n) is 7.65. The van der Waals surface area contributed by atoms with Crippen LogP contribution in [0.25, 0.3) is 0 Å². The first-order valence-corrected chi connectivity index (χ1v) is 11.0. The van der Waals surface area contributed by atoms with Gasteiger partial charge < -0.3 is 19.7 Å². The highest BCUT2D eigenvalue weighted by molar-refractivity contribution is 5.79. The number of ether oxygens (including phenoxy) is 2. The van der Waals surface area contributed by atoms with Gasteiger partial charge in [-0.25, -0.2) is 9.97 Å². The molecule has 1 amide bonds. The predicted molar refractivity (Wildman–Crippen MR) is 123 cm³/mol. The molecule has 1 fully saturated rings. The highest BCUT2D eigenvalue weighted by atomic mass is 16.5. The number of carbonyl (C=O) groups excluding carboxylic acids is 1. The average Bonchev–Trinajstić information content (AvgIpc) is 2.84. The van der Waals surface area contributed by atoms with E-state index in [2.05, 4.69) is 20.2 Å². The van der Waals surface area contributed by atoms with Gasteiger partial charge in [-0.1, -0.05) is 36.4 Å². The van der Waals surface area contributed by atoms with E-state index in [0.717, 1.165) is 48.8 Å². The van der Waals surface area contributed by atoms with E-state index in [9.17, 15) is 4.79 Å². The number of aromatic nitrogens is 2. The topological polar surface area (TPSA) is 76.6 Å². The fourth-order valence-electron chi connectivity index (χ4n) is 3.81. The molecule has 0 unspecified atom stereocenters. The van der Waals surface area contributed by atoms with Crippen LogP contribution in [0, 0.1) is 5.92 Å². The zero-order valence-corrected chi connectivity index (χ0v) is 18.2. The molecule has 1 aliphatic heterocycles. The normalized spacial score (nSPS) is 14.1. The third-order valence-corrected chi connectivity index (χ3v) is 5.51. The molecule has 3 aromatic rings. The monoisotopic (exact) mass is 432 g/mol. The van der Waals surface area contributed by atoms with Gasteiger partial charge in [0.1, 0.15) is 23.6 Å². The molecule has 0 spiro atoms. The van der Waals surface area contributed by atoms with E-state index >= 15 is 0 Å². The van der Waals surface area contributed by atoms with Crippen LogP contribution in [0.3, 0.4) is 0 Å². The van der Waals surface area contributed by atoms with Gasteiger partial charge in [-0.15, -0.1) is 0 Å². The summed E-state index contributed by atoms with van der Waals surface area (Å²) < 4.78 is 11.5. The van der Waals surface area contributed by atoms with Crippen LogP contribution in [0.5, 0.6) is 17.4 Å². The van der Waals surface area contributed by atoms with Gasteiger partial charge in [-0.2, -0.15) is 0 Å². The Bertz CT molecular complexity index is 1020. The van der Waals surface area contributed by atoms with Crippen molar-refractivity contribution < 1.29 is 14.3 Å². The largest absolute Gasteiger partial charge is 0.494 e. The molecule has 7 nitrogen and oxygen atoms in total. The summed E-state index contributed by atoms with van der Waals surface area (Å²) in [6.07, 6.45) is 3.07. The van der Waals surface area contributed by atoms with Gasteiger partial charge >= 0.3 is 0 Å². The summed E-state index contributed by atoms with van der Waals surface area (Å²) in [4.78, 5) is 23.5. The Labute approximate surface area is 188 Å². The van der Waals surface area contributed by atoms with Crippen molar-refractivity contribution in [3.63, 3.8) is 0 Å². The van der Waals surface area contributed by atoms with Gasteiger partial charge in [-0.3, -0.25) is 4.79 Å². The van der Waals surface area contributed by atoms with Gasteiger partial charge in [0.25, 0.3) is 0 Å². The molecule has 1 N–H and O–H groups in total. The molecule has 7 heteroatoms. The van der Waals surface area contributed by atoms with E-state index in [1.54, 1.807) is 0 Å². The molecule has 1 aliphatic rings. The van der Waals surface area contributed by atoms with E-state index in [1.807, 2.05) is 67.6 Å². The molecule has 1 aromatic heterocycles. The SMILES string of the molecule is CCOc1ccccc1CNC(=O)C1CCN(c2cc(Oc3ccccc3)ncn2)CC1. The lowest BCUT2D eigenvalue weighted by molar-refractivity contribution is -0.125. The number of nitrogens with one attached hydrogen (secondary N) is 1. The Morgan fingerprint density at radius 2 is 1.81 bits per heavy atom. The molecule has 2 heterocycles. The third kappa shape index (κ3) is 5.55.